The number of aliphatic hydroxyl groups excluding tert-OH is 1. The Bertz CT molecular complexity index is 747. The van der Waals surface area contributed by atoms with Gasteiger partial charge in [-0.05, 0) is 59.7 Å². The van der Waals surface area contributed by atoms with Crippen LogP contribution in [-0.4, -0.2) is 80.6 Å². The minimum atomic E-state index is -1.87. The summed E-state index contributed by atoms with van der Waals surface area (Å²) in [5, 5.41) is 9.83. The van der Waals surface area contributed by atoms with E-state index in [2.05, 4.69) is 33.9 Å². The molecule has 0 amide bonds. The highest BCUT2D eigenvalue weighted by atomic mass is 28.4. The molecule has 0 bridgehead atoms. The lowest BCUT2D eigenvalue weighted by Gasteiger charge is -2.47. The summed E-state index contributed by atoms with van der Waals surface area (Å²) in [5.74, 6) is -2.10. The third kappa shape index (κ3) is 9.22. The number of hydrogen-bond donors (Lipinski definition) is 1. The van der Waals surface area contributed by atoms with Crippen molar-refractivity contribution in [3.8, 4) is 0 Å². The first-order chi connectivity index (χ1) is 16.8. The Labute approximate surface area is 226 Å². The average molecular weight is 547 g/mol. The Balaban J connectivity index is 1.61. The second kappa shape index (κ2) is 11.4. The minimum Gasteiger partial charge on any atom is -0.414 e. The molecule has 3 heterocycles. The van der Waals surface area contributed by atoms with Crippen LogP contribution in [0, 0.1) is 0 Å². The summed E-state index contributed by atoms with van der Waals surface area (Å²) >= 11 is 0. The molecule has 6 atom stereocenters. The number of aliphatic hydroxyl groups is 1. The molecule has 0 aromatic rings. The lowest BCUT2D eigenvalue weighted by Crippen LogP contribution is -2.52. The molecule has 3 aliphatic heterocycles. The second-order valence-electron chi connectivity index (χ2n) is 14.1. The standard InChI is InChI=1S/C28H54O8Si/c1-25(2,3)37(10,11)30-18-24-16-22(34-28(8,9)36-24)14-20-12-19(31-26(4,5)32-20)13-21-15-23(17-29)35-27(6,7)33-21/h19-24,29H,12-18H2,1-11H3/t19-,20-,21+,22+,23+,24+/m0/s1. The molecule has 0 radical (unpaired) electrons. The van der Waals surface area contributed by atoms with Crippen LogP contribution in [0.3, 0.4) is 0 Å². The van der Waals surface area contributed by atoms with E-state index in [1.54, 1.807) is 0 Å². The van der Waals surface area contributed by atoms with Crippen molar-refractivity contribution in [2.24, 2.45) is 0 Å². The smallest absolute Gasteiger partial charge is 0.192 e. The van der Waals surface area contributed by atoms with E-state index in [0.717, 1.165) is 25.7 Å². The molecule has 37 heavy (non-hydrogen) atoms. The highest BCUT2D eigenvalue weighted by molar-refractivity contribution is 6.74. The fourth-order valence-electron chi connectivity index (χ4n) is 5.56. The van der Waals surface area contributed by atoms with Crippen LogP contribution in [0.2, 0.25) is 18.1 Å². The lowest BCUT2D eigenvalue weighted by atomic mass is 9.94. The molecule has 0 aromatic carbocycles. The molecule has 0 aliphatic carbocycles. The van der Waals surface area contributed by atoms with Gasteiger partial charge in [-0.25, -0.2) is 0 Å². The van der Waals surface area contributed by atoms with Gasteiger partial charge >= 0.3 is 0 Å². The maximum Gasteiger partial charge on any atom is 0.192 e. The van der Waals surface area contributed by atoms with Crippen LogP contribution in [-0.2, 0) is 32.8 Å². The van der Waals surface area contributed by atoms with Crippen LogP contribution in [0.4, 0.5) is 0 Å². The van der Waals surface area contributed by atoms with E-state index in [9.17, 15) is 5.11 Å². The molecule has 218 valence electrons. The summed E-state index contributed by atoms with van der Waals surface area (Å²) in [7, 11) is -1.87. The SMILES string of the molecule is CC1(C)O[C@H](C[C@@H]2C[C@H](CO)OC(C)(C)O2)C[C@@H](C[C@@H]2C[C@H](CO[Si](C)(C)C(C)(C)C)OC(C)(C)O2)O1. The first-order valence-corrected chi connectivity index (χ1v) is 17.0. The molecule has 0 unspecified atom stereocenters. The van der Waals surface area contributed by atoms with Gasteiger partial charge in [0.2, 0.25) is 0 Å². The predicted molar refractivity (Wildman–Crippen MR) is 145 cm³/mol. The molecular weight excluding hydrogens is 492 g/mol. The lowest BCUT2D eigenvalue weighted by molar-refractivity contribution is -0.336. The fourth-order valence-corrected chi connectivity index (χ4v) is 6.59. The summed E-state index contributed by atoms with van der Waals surface area (Å²) < 4.78 is 43.8. The van der Waals surface area contributed by atoms with Gasteiger partial charge in [-0.1, -0.05) is 20.8 Å². The molecule has 3 aliphatic rings. The first kappa shape index (κ1) is 31.4. The summed E-state index contributed by atoms with van der Waals surface area (Å²) in [6.07, 6.45) is 3.40. The zero-order valence-electron chi connectivity index (χ0n) is 25.2. The van der Waals surface area contributed by atoms with Crippen LogP contribution in [0.5, 0.6) is 0 Å². The van der Waals surface area contributed by atoms with E-state index >= 15 is 0 Å². The van der Waals surface area contributed by atoms with E-state index in [1.165, 1.54) is 0 Å². The highest BCUT2D eigenvalue weighted by Gasteiger charge is 2.44. The van der Waals surface area contributed by atoms with Gasteiger partial charge in [0.25, 0.3) is 0 Å². The first-order valence-electron chi connectivity index (χ1n) is 14.1. The summed E-state index contributed by atoms with van der Waals surface area (Å²) in [6, 6.07) is 0. The van der Waals surface area contributed by atoms with E-state index in [4.69, 9.17) is 32.8 Å². The molecule has 0 spiro atoms. The summed E-state index contributed by atoms with van der Waals surface area (Å²) in [5.41, 5.74) is 0. The monoisotopic (exact) mass is 546 g/mol. The largest absolute Gasteiger partial charge is 0.414 e. The Morgan fingerprint density at radius 1 is 0.649 bits per heavy atom. The molecule has 3 rings (SSSR count). The number of hydrogen-bond acceptors (Lipinski definition) is 8. The van der Waals surface area contributed by atoms with Crippen molar-refractivity contribution in [2.45, 2.75) is 167 Å². The molecule has 3 fully saturated rings. The normalized spacial score (nSPS) is 36.3. The van der Waals surface area contributed by atoms with Crippen LogP contribution in [0.1, 0.15) is 94.4 Å². The van der Waals surface area contributed by atoms with Crippen molar-refractivity contribution in [3.05, 3.63) is 0 Å². The number of ether oxygens (including phenoxy) is 6. The maximum atomic E-state index is 9.68. The molecule has 9 heteroatoms. The zero-order valence-corrected chi connectivity index (χ0v) is 26.2. The minimum absolute atomic E-state index is 0.00361. The molecular formula is C28H54O8Si. The maximum absolute atomic E-state index is 9.68. The third-order valence-corrected chi connectivity index (χ3v) is 12.5. The van der Waals surface area contributed by atoms with Gasteiger partial charge in [0.1, 0.15) is 0 Å². The molecule has 1 N–H and O–H groups in total. The third-order valence-electron chi connectivity index (χ3n) is 7.97. The van der Waals surface area contributed by atoms with E-state index < -0.39 is 25.7 Å². The number of rotatable bonds is 8. The van der Waals surface area contributed by atoms with Crippen molar-refractivity contribution < 1.29 is 38.0 Å². The summed E-state index contributed by atoms with van der Waals surface area (Å²) in [4.78, 5) is 0. The molecule has 8 nitrogen and oxygen atoms in total. The van der Waals surface area contributed by atoms with Gasteiger partial charge in [-0.15, -0.1) is 0 Å². The van der Waals surface area contributed by atoms with Gasteiger partial charge in [-0.3, -0.25) is 0 Å². The quantitative estimate of drug-likeness (QED) is 0.399. The van der Waals surface area contributed by atoms with Crippen LogP contribution in [0.15, 0.2) is 0 Å². The van der Waals surface area contributed by atoms with Crippen LogP contribution in [0.25, 0.3) is 0 Å². The zero-order chi connectivity index (χ0) is 27.9. The van der Waals surface area contributed by atoms with Gasteiger partial charge < -0.3 is 38.0 Å². The van der Waals surface area contributed by atoms with Crippen molar-refractivity contribution in [2.75, 3.05) is 13.2 Å². The fraction of sp³-hybridized carbons (Fsp3) is 1.00. The highest BCUT2D eigenvalue weighted by Crippen LogP contribution is 2.39. The van der Waals surface area contributed by atoms with Crippen molar-refractivity contribution in [1.29, 1.82) is 0 Å². The average Bonchev–Trinajstić information content (AvgIpc) is 2.67. The van der Waals surface area contributed by atoms with Crippen molar-refractivity contribution in [1.82, 2.24) is 0 Å². The van der Waals surface area contributed by atoms with Crippen molar-refractivity contribution in [3.63, 3.8) is 0 Å². The van der Waals surface area contributed by atoms with Gasteiger partial charge in [-0.2, -0.15) is 0 Å². The van der Waals surface area contributed by atoms with E-state index in [0.29, 0.717) is 13.0 Å². The van der Waals surface area contributed by atoms with E-state index in [-0.39, 0.29) is 48.3 Å². The second-order valence-corrected chi connectivity index (χ2v) is 18.9. The van der Waals surface area contributed by atoms with Gasteiger partial charge in [0.05, 0.1) is 49.8 Å². The Kier molecular flexibility index (Phi) is 9.69. The Morgan fingerprint density at radius 2 is 0.973 bits per heavy atom. The van der Waals surface area contributed by atoms with Crippen molar-refractivity contribution >= 4 is 8.32 Å². The van der Waals surface area contributed by atoms with Gasteiger partial charge in [0, 0.05) is 32.1 Å². The summed E-state index contributed by atoms with van der Waals surface area (Å²) in [6.45, 7) is 23.6. The molecule has 0 saturated carbocycles. The van der Waals surface area contributed by atoms with Crippen LogP contribution >= 0.6 is 0 Å². The van der Waals surface area contributed by atoms with E-state index in [1.807, 2.05) is 41.5 Å². The predicted octanol–water partition coefficient (Wildman–Crippen LogP) is 5.51. The molecule has 0 aromatic heterocycles. The topological polar surface area (TPSA) is 84.8 Å². The van der Waals surface area contributed by atoms with Gasteiger partial charge in [0.15, 0.2) is 25.7 Å². The Morgan fingerprint density at radius 3 is 1.35 bits per heavy atom. The Hall–Kier alpha value is -0.103. The molecule has 3 saturated heterocycles. The van der Waals surface area contributed by atoms with Crippen LogP contribution < -0.4 is 0 Å².